The van der Waals surface area contributed by atoms with Crippen molar-refractivity contribution in [2.24, 2.45) is 0 Å². The molecule has 0 fully saturated rings. The predicted octanol–water partition coefficient (Wildman–Crippen LogP) is 3.12. The first-order valence-electron chi connectivity index (χ1n) is 8.74. The first-order chi connectivity index (χ1) is 12.8. The minimum absolute atomic E-state index is 0.0465. The quantitative estimate of drug-likeness (QED) is 0.708. The molecule has 7 nitrogen and oxygen atoms in total. The van der Waals surface area contributed by atoms with E-state index in [9.17, 15) is 9.59 Å². The van der Waals surface area contributed by atoms with Crippen molar-refractivity contribution >= 4 is 11.9 Å². The molecule has 0 bridgehead atoms. The van der Waals surface area contributed by atoms with Gasteiger partial charge in [-0.2, -0.15) is 0 Å². The van der Waals surface area contributed by atoms with Crippen molar-refractivity contribution in [1.82, 2.24) is 5.16 Å². The lowest BCUT2D eigenvalue weighted by atomic mass is 9.97. The molecule has 0 aliphatic rings. The van der Waals surface area contributed by atoms with Crippen molar-refractivity contribution in [1.29, 1.82) is 0 Å². The van der Waals surface area contributed by atoms with Gasteiger partial charge in [0.05, 0.1) is 18.5 Å². The summed E-state index contributed by atoms with van der Waals surface area (Å²) >= 11 is 0. The van der Waals surface area contributed by atoms with Crippen LogP contribution in [0.25, 0.3) is 0 Å². The molecule has 1 aromatic heterocycles. The van der Waals surface area contributed by atoms with Crippen LogP contribution in [0, 0.1) is 0 Å². The van der Waals surface area contributed by atoms with Gasteiger partial charge < -0.3 is 19.1 Å². The lowest BCUT2D eigenvalue weighted by molar-refractivity contribution is -0.155. The Morgan fingerprint density at radius 1 is 1.15 bits per heavy atom. The zero-order chi connectivity index (χ0) is 19.9. The van der Waals surface area contributed by atoms with Crippen molar-refractivity contribution in [2.45, 2.75) is 58.3 Å². The molecular formula is C20H25NO6. The van der Waals surface area contributed by atoms with Crippen LogP contribution >= 0.6 is 0 Å². The Morgan fingerprint density at radius 2 is 1.81 bits per heavy atom. The first-order valence-corrected chi connectivity index (χ1v) is 8.74. The van der Waals surface area contributed by atoms with Crippen molar-refractivity contribution in [3.63, 3.8) is 0 Å². The van der Waals surface area contributed by atoms with E-state index in [1.807, 2.05) is 30.3 Å². The second kappa shape index (κ2) is 9.32. The molecule has 0 saturated heterocycles. The fraction of sp³-hybridized carbons (Fsp3) is 0.450. The summed E-state index contributed by atoms with van der Waals surface area (Å²) in [6.45, 7) is 5.15. The minimum atomic E-state index is -0.629. The van der Waals surface area contributed by atoms with Crippen molar-refractivity contribution in [2.75, 3.05) is 0 Å². The lowest BCUT2D eigenvalue weighted by Crippen LogP contribution is -2.25. The van der Waals surface area contributed by atoms with Gasteiger partial charge in [-0.3, -0.25) is 9.59 Å². The molecule has 0 aliphatic heterocycles. The van der Waals surface area contributed by atoms with Gasteiger partial charge in [-0.05, 0) is 26.3 Å². The van der Waals surface area contributed by atoms with Crippen molar-refractivity contribution in [3.05, 3.63) is 53.4 Å². The number of benzene rings is 1. The largest absolute Gasteiger partial charge is 0.461 e. The Morgan fingerprint density at radius 3 is 2.41 bits per heavy atom. The van der Waals surface area contributed by atoms with E-state index in [2.05, 4.69) is 5.16 Å². The highest BCUT2D eigenvalue weighted by Gasteiger charge is 2.26. The molecule has 0 saturated carbocycles. The molecule has 2 aromatic rings. The van der Waals surface area contributed by atoms with Gasteiger partial charge in [0.1, 0.15) is 18.8 Å². The Hall–Kier alpha value is -2.67. The fourth-order valence-corrected chi connectivity index (χ4v) is 2.46. The molecule has 1 heterocycles. The number of nitrogens with zero attached hydrogens (tertiary/aromatic N) is 1. The lowest BCUT2D eigenvalue weighted by Gasteiger charge is -2.21. The van der Waals surface area contributed by atoms with Crippen LogP contribution in [-0.2, 0) is 32.3 Å². The molecule has 7 heteroatoms. The van der Waals surface area contributed by atoms with Crippen LogP contribution < -0.4 is 0 Å². The van der Waals surface area contributed by atoms with Crippen LogP contribution in [0.4, 0.5) is 0 Å². The van der Waals surface area contributed by atoms with Crippen molar-refractivity contribution < 1.29 is 28.7 Å². The van der Waals surface area contributed by atoms with Gasteiger partial charge in [-0.15, -0.1) is 0 Å². The van der Waals surface area contributed by atoms with Crippen LogP contribution in [0.1, 0.15) is 56.5 Å². The van der Waals surface area contributed by atoms with Crippen LogP contribution in [0.2, 0.25) is 0 Å². The summed E-state index contributed by atoms with van der Waals surface area (Å²) < 4.78 is 15.6. The highest BCUT2D eigenvalue weighted by atomic mass is 16.6. The van der Waals surface area contributed by atoms with E-state index in [0.717, 1.165) is 5.56 Å². The normalized spacial score (nSPS) is 12.4. The standard InChI is InChI=1S/C20H25NO6/c1-20(2,3)26-19(24)10-15(17-11-16(12-22)27-21-17)9-18(23)25-13-14-7-5-4-6-8-14/h4-8,11,15,22H,9-10,12-13H2,1-3H3/t15-/m1/s1. The number of aromatic nitrogens is 1. The molecule has 0 radical (unpaired) electrons. The fourth-order valence-electron chi connectivity index (χ4n) is 2.46. The van der Waals surface area contributed by atoms with Crippen molar-refractivity contribution in [3.8, 4) is 0 Å². The maximum absolute atomic E-state index is 12.3. The number of carbonyl (C=O) groups excluding carboxylic acids is 2. The molecule has 2 rings (SSSR count). The van der Waals surface area contributed by atoms with Crippen LogP contribution in [-0.4, -0.2) is 27.8 Å². The topological polar surface area (TPSA) is 98.9 Å². The number of carbonyl (C=O) groups is 2. The van der Waals surface area contributed by atoms with Crippen LogP contribution in [0.3, 0.4) is 0 Å². The third-order valence-electron chi connectivity index (χ3n) is 3.64. The molecule has 0 amide bonds. The number of aliphatic hydroxyl groups is 1. The van der Waals surface area contributed by atoms with E-state index in [1.54, 1.807) is 20.8 Å². The first kappa shape index (κ1) is 20.6. The summed E-state index contributed by atoms with van der Waals surface area (Å²) in [5, 5.41) is 13.0. The van der Waals surface area contributed by atoms with Gasteiger partial charge in [0.2, 0.25) is 0 Å². The smallest absolute Gasteiger partial charge is 0.307 e. The number of rotatable bonds is 8. The summed E-state index contributed by atoms with van der Waals surface area (Å²) in [5.74, 6) is -1.21. The summed E-state index contributed by atoms with van der Waals surface area (Å²) in [4.78, 5) is 24.5. The molecule has 1 atom stereocenters. The third kappa shape index (κ3) is 7.22. The van der Waals surface area contributed by atoms with Gasteiger partial charge in [0.25, 0.3) is 0 Å². The minimum Gasteiger partial charge on any atom is -0.461 e. The summed E-state index contributed by atoms with van der Waals surface area (Å²) in [5.41, 5.74) is 0.648. The zero-order valence-corrected chi connectivity index (χ0v) is 15.8. The average Bonchev–Trinajstić information content (AvgIpc) is 3.08. The molecule has 0 unspecified atom stereocenters. The SMILES string of the molecule is CC(C)(C)OC(=O)C[C@@H](CC(=O)OCc1ccccc1)c1cc(CO)on1. The summed E-state index contributed by atoms with van der Waals surface area (Å²) in [6.07, 6.45) is -0.0986. The summed E-state index contributed by atoms with van der Waals surface area (Å²) in [7, 11) is 0. The van der Waals surface area contributed by atoms with Gasteiger partial charge in [-0.25, -0.2) is 0 Å². The molecule has 1 aromatic carbocycles. The predicted molar refractivity (Wildman–Crippen MR) is 96.5 cm³/mol. The van der Waals surface area contributed by atoms with Crippen LogP contribution in [0.15, 0.2) is 40.9 Å². The Kier molecular flexibility index (Phi) is 7.12. The number of hydrogen-bond donors (Lipinski definition) is 1. The van der Waals surface area contributed by atoms with Crippen LogP contribution in [0.5, 0.6) is 0 Å². The molecule has 0 spiro atoms. The maximum Gasteiger partial charge on any atom is 0.307 e. The second-order valence-corrected chi connectivity index (χ2v) is 7.21. The van der Waals surface area contributed by atoms with E-state index in [1.165, 1.54) is 6.07 Å². The molecule has 1 N–H and O–H groups in total. The van der Waals surface area contributed by atoms with Gasteiger partial charge in [-0.1, -0.05) is 35.5 Å². The van der Waals surface area contributed by atoms with E-state index in [-0.39, 0.29) is 31.8 Å². The van der Waals surface area contributed by atoms with Gasteiger partial charge in [0.15, 0.2) is 5.76 Å². The van der Waals surface area contributed by atoms with Gasteiger partial charge in [0, 0.05) is 12.0 Å². The van der Waals surface area contributed by atoms with E-state index in [0.29, 0.717) is 5.69 Å². The zero-order valence-electron chi connectivity index (χ0n) is 15.8. The second-order valence-electron chi connectivity index (χ2n) is 7.21. The number of hydrogen-bond acceptors (Lipinski definition) is 7. The maximum atomic E-state index is 12.3. The molecule has 146 valence electrons. The molecule has 27 heavy (non-hydrogen) atoms. The summed E-state index contributed by atoms with van der Waals surface area (Å²) in [6, 6.07) is 10.8. The van der Waals surface area contributed by atoms with Gasteiger partial charge >= 0.3 is 11.9 Å². The van der Waals surface area contributed by atoms with E-state index < -0.39 is 23.5 Å². The number of aliphatic hydroxyl groups excluding tert-OH is 1. The average molecular weight is 375 g/mol. The number of esters is 2. The van der Waals surface area contributed by atoms with E-state index >= 15 is 0 Å². The Bertz CT molecular complexity index is 747. The highest BCUT2D eigenvalue weighted by Crippen LogP contribution is 2.26. The molecule has 0 aliphatic carbocycles. The highest BCUT2D eigenvalue weighted by molar-refractivity contribution is 5.74. The number of ether oxygens (including phenoxy) is 2. The molecular weight excluding hydrogens is 350 g/mol. The Balaban J connectivity index is 2.02. The Labute approximate surface area is 158 Å². The third-order valence-corrected chi connectivity index (χ3v) is 3.64. The monoisotopic (exact) mass is 375 g/mol. The van der Waals surface area contributed by atoms with E-state index in [4.69, 9.17) is 19.1 Å².